The van der Waals surface area contributed by atoms with Crippen LogP contribution in [0.25, 0.3) is 0 Å². The minimum Gasteiger partial charge on any atom is -0.383 e. The van der Waals surface area contributed by atoms with Crippen molar-refractivity contribution < 1.29 is 9.90 Å². The molecule has 1 aromatic rings. The highest BCUT2D eigenvalue weighted by molar-refractivity contribution is 9.10. The second kappa shape index (κ2) is 3.71. The van der Waals surface area contributed by atoms with E-state index in [2.05, 4.69) is 15.9 Å². The highest BCUT2D eigenvalue weighted by Gasteiger charge is 2.30. The fraction of sp³-hybridized carbons (Fsp3) is 0.300. The summed E-state index contributed by atoms with van der Waals surface area (Å²) in [7, 11) is 0. The molecule has 1 amide bonds. The predicted molar refractivity (Wildman–Crippen MR) is 57.1 cm³/mol. The lowest BCUT2D eigenvalue weighted by atomic mass is 10.3. The molecule has 1 atom stereocenters. The van der Waals surface area contributed by atoms with Crippen LogP contribution in [0.2, 0.25) is 0 Å². The van der Waals surface area contributed by atoms with Crippen molar-refractivity contribution in [3.63, 3.8) is 0 Å². The fourth-order valence-corrected chi connectivity index (χ4v) is 1.81. The first-order valence-electron chi connectivity index (χ1n) is 4.43. The Balaban J connectivity index is 2.24. The van der Waals surface area contributed by atoms with Crippen molar-refractivity contribution in [3.8, 4) is 0 Å². The number of aliphatic hydroxyl groups is 1. The quantitative estimate of drug-likeness (QED) is 0.828. The summed E-state index contributed by atoms with van der Waals surface area (Å²) in [6.07, 6.45) is -0.298. The molecule has 0 saturated carbocycles. The highest BCUT2D eigenvalue weighted by Crippen LogP contribution is 2.23. The van der Waals surface area contributed by atoms with Crippen molar-refractivity contribution >= 4 is 27.5 Å². The molecule has 0 aliphatic carbocycles. The summed E-state index contributed by atoms with van der Waals surface area (Å²) in [6, 6.07) is 7.49. The third-order valence-corrected chi connectivity index (χ3v) is 2.84. The molecular weight excluding hydrogens is 246 g/mol. The Hall–Kier alpha value is -0.870. The first kappa shape index (κ1) is 9.68. The molecule has 1 aliphatic heterocycles. The molecule has 14 heavy (non-hydrogen) atoms. The minimum atomic E-state index is -0.821. The summed E-state index contributed by atoms with van der Waals surface area (Å²) in [6.45, 7) is 0.599. The molecule has 1 N–H and O–H groups in total. The topological polar surface area (TPSA) is 40.5 Å². The Morgan fingerprint density at radius 1 is 1.36 bits per heavy atom. The number of benzene rings is 1. The smallest absolute Gasteiger partial charge is 0.255 e. The summed E-state index contributed by atoms with van der Waals surface area (Å²) >= 11 is 3.33. The average Bonchev–Trinajstić information content (AvgIpc) is 2.50. The van der Waals surface area contributed by atoms with Crippen LogP contribution in [-0.2, 0) is 4.79 Å². The van der Waals surface area contributed by atoms with Crippen LogP contribution in [0.15, 0.2) is 28.7 Å². The highest BCUT2D eigenvalue weighted by atomic mass is 79.9. The third kappa shape index (κ3) is 1.67. The standard InChI is InChI=1S/C10H10BrNO2/c11-7-1-3-8(4-2-7)12-6-5-9(13)10(12)14/h1-4,9,13H,5-6H2/t9-/m1/s1. The lowest BCUT2D eigenvalue weighted by Gasteiger charge is -2.15. The van der Waals surface area contributed by atoms with E-state index in [4.69, 9.17) is 0 Å². The van der Waals surface area contributed by atoms with Crippen molar-refractivity contribution in [3.05, 3.63) is 28.7 Å². The Morgan fingerprint density at radius 2 is 2.00 bits per heavy atom. The van der Waals surface area contributed by atoms with Gasteiger partial charge in [0, 0.05) is 23.1 Å². The van der Waals surface area contributed by atoms with Crippen LogP contribution in [-0.4, -0.2) is 23.7 Å². The molecule has 4 heteroatoms. The average molecular weight is 256 g/mol. The number of nitrogens with zero attached hydrogens (tertiary/aromatic N) is 1. The van der Waals surface area contributed by atoms with Gasteiger partial charge < -0.3 is 10.0 Å². The van der Waals surface area contributed by atoms with E-state index in [-0.39, 0.29) is 5.91 Å². The summed E-state index contributed by atoms with van der Waals surface area (Å²) in [5.41, 5.74) is 0.842. The number of aliphatic hydroxyl groups excluding tert-OH is 1. The molecule has 1 heterocycles. The lowest BCUT2D eigenvalue weighted by molar-refractivity contribution is -0.123. The van der Waals surface area contributed by atoms with Gasteiger partial charge in [-0.3, -0.25) is 4.79 Å². The molecule has 1 fully saturated rings. The summed E-state index contributed by atoms with van der Waals surface area (Å²) < 4.78 is 0.980. The Morgan fingerprint density at radius 3 is 2.50 bits per heavy atom. The predicted octanol–water partition coefficient (Wildman–Crippen LogP) is 1.55. The van der Waals surface area contributed by atoms with Crippen LogP contribution in [0.4, 0.5) is 5.69 Å². The van der Waals surface area contributed by atoms with E-state index in [1.807, 2.05) is 24.3 Å². The first-order valence-corrected chi connectivity index (χ1v) is 5.23. The summed E-state index contributed by atoms with van der Waals surface area (Å²) in [5, 5.41) is 9.28. The van der Waals surface area contributed by atoms with E-state index in [1.165, 1.54) is 0 Å². The van der Waals surface area contributed by atoms with E-state index >= 15 is 0 Å². The molecule has 0 unspecified atom stereocenters. The second-order valence-corrected chi connectivity index (χ2v) is 4.19. The SMILES string of the molecule is O=C1[C@H](O)CCN1c1ccc(Br)cc1. The van der Waals surface area contributed by atoms with Gasteiger partial charge in [0.2, 0.25) is 0 Å². The van der Waals surface area contributed by atoms with Crippen LogP contribution in [0.3, 0.4) is 0 Å². The zero-order valence-electron chi connectivity index (χ0n) is 7.48. The van der Waals surface area contributed by atoms with E-state index in [0.717, 1.165) is 10.2 Å². The van der Waals surface area contributed by atoms with Crippen molar-refractivity contribution in [1.29, 1.82) is 0 Å². The van der Waals surface area contributed by atoms with Gasteiger partial charge in [-0.2, -0.15) is 0 Å². The van der Waals surface area contributed by atoms with Gasteiger partial charge in [-0.05, 0) is 24.3 Å². The van der Waals surface area contributed by atoms with Crippen molar-refractivity contribution in [2.75, 3.05) is 11.4 Å². The molecule has 1 aromatic carbocycles. The zero-order valence-corrected chi connectivity index (χ0v) is 9.07. The molecule has 74 valence electrons. The summed E-state index contributed by atoms with van der Waals surface area (Å²) in [4.78, 5) is 13.1. The molecular formula is C10H10BrNO2. The third-order valence-electron chi connectivity index (χ3n) is 2.32. The van der Waals surface area contributed by atoms with E-state index < -0.39 is 6.10 Å². The number of hydrogen-bond acceptors (Lipinski definition) is 2. The molecule has 3 nitrogen and oxygen atoms in total. The monoisotopic (exact) mass is 255 g/mol. The molecule has 1 saturated heterocycles. The maximum atomic E-state index is 11.5. The van der Waals surface area contributed by atoms with Gasteiger partial charge in [0.05, 0.1) is 0 Å². The molecule has 0 bridgehead atoms. The molecule has 0 aromatic heterocycles. The number of hydrogen-bond donors (Lipinski definition) is 1. The van der Waals surface area contributed by atoms with E-state index in [9.17, 15) is 9.90 Å². The van der Waals surface area contributed by atoms with Crippen LogP contribution in [0.1, 0.15) is 6.42 Å². The maximum Gasteiger partial charge on any atom is 0.255 e. The molecule has 2 rings (SSSR count). The Bertz CT molecular complexity index is 350. The van der Waals surface area contributed by atoms with Gasteiger partial charge in [0.15, 0.2) is 0 Å². The van der Waals surface area contributed by atoms with Crippen LogP contribution >= 0.6 is 15.9 Å². The van der Waals surface area contributed by atoms with Gasteiger partial charge >= 0.3 is 0 Å². The van der Waals surface area contributed by atoms with E-state index in [0.29, 0.717) is 13.0 Å². The zero-order chi connectivity index (χ0) is 10.1. The van der Waals surface area contributed by atoms with Gasteiger partial charge in [-0.1, -0.05) is 15.9 Å². The van der Waals surface area contributed by atoms with Crippen LogP contribution in [0, 0.1) is 0 Å². The van der Waals surface area contributed by atoms with Gasteiger partial charge in [0.25, 0.3) is 5.91 Å². The summed E-state index contributed by atoms with van der Waals surface area (Å²) in [5.74, 6) is -0.202. The normalized spacial score (nSPS) is 21.7. The number of halogens is 1. The number of carbonyl (C=O) groups excluding carboxylic acids is 1. The van der Waals surface area contributed by atoms with Crippen molar-refractivity contribution in [2.45, 2.75) is 12.5 Å². The Kier molecular flexibility index (Phi) is 2.56. The number of carbonyl (C=O) groups is 1. The van der Waals surface area contributed by atoms with Crippen molar-refractivity contribution in [1.82, 2.24) is 0 Å². The van der Waals surface area contributed by atoms with Crippen LogP contribution < -0.4 is 4.90 Å². The minimum absolute atomic E-state index is 0.202. The maximum absolute atomic E-state index is 11.5. The number of rotatable bonds is 1. The molecule has 0 spiro atoms. The van der Waals surface area contributed by atoms with Crippen molar-refractivity contribution in [2.24, 2.45) is 0 Å². The van der Waals surface area contributed by atoms with Gasteiger partial charge in [-0.25, -0.2) is 0 Å². The second-order valence-electron chi connectivity index (χ2n) is 3.27. The van der Waals surface area contributed by atoms with Crippen LogP contribution in [0.5, 0.6) is 0 Å². The number of anilines is 1. The molecule has 1 aliphatic rings. The van der Waals surface area contributed by atoms with E-state index in [1.54, 1.807) is 4.90 Å². The van der Waals surface area contributed by atoms with Gasteiger partial charge in [-0.15, -0.1) is 0 Å². The molecule has 0 radical (unpaired) electrons. The first-order chi connectivity index (χ1) is 6.68. The fourth-order valence-electron chi connectivity index (χ4n) is 1.54. The van der Waals surface area contributed by atoms with Gasteiger partial charge in [0.1, 0.15) is 6.10 Å². The number of amides is 1. The Labute approximate surface area is 90.5 Å². The largest absolute Gasteiger partial charge is 0.383 e. The lowest BCUT2D eigenvalue weighted by Crippen LogP contribution is -2.28.